The second-order valence-corrected chi connectivity index (χ2v) is 6.59. The van der Waals surface area contributed by atoms with Gasteiger partial charge in [-0.3, -0.25) is 4.98 Å². The molecule has 2 aromatic rings. The molecule has 1 aliphatic rings. The van der Waals surface area contributed by atoms with Crippen LogP contribution < -0.4 is 5.32 Å². The Balaban J connectivity index is 1.85. The summed E-state index contributed by atoms with van der Waals surface area (Å²) in [5, 5.41) is 5.44. The Labute approximate surface area is 126 Å². The van der Waals surface area contributed by atoms with Gasteiger partial charge < -0.3 is 5.32 Å². The Morgan fingerprint density at radius 3 is 2.89 bits per heavy atom. The summed E-state index contributed by atoms with van der Waals surface area (Å²) in [6.07, 6.45) is 4.17. The summed E-state index contributed by atoms with van der Waals surface area (Å²) in [7, 11) is 0. The quantitative estimate of drug-likeness (QED) is 0.924. The normalized spacial score (nSPS) is 14.9. The molecule has 0 spiro atoms. The number of aryl methyl sites for hydroxylation is 1. The summed E-state index contributed by atoms with van der Waals surface area (Å²) in [5.41, 5.74) is 1.75. The molecule has 0 unspecified atom stereocenters. The lowest BCUT2D eigenvalue weighted by molar-refractivity contribution is 0.691. The minimum atomic E-state index is 0.539. The average molecular weight is 314 g/mol. The van der Waals surface area contributed by atoms with Crippen molar-refractivity contribution in [3.63, 3.8) is 0 Å². The van der Waals surface area contributed by atoms with Crippen LogP contribution in [0.1, 0.15) is 23.4 Å². The number of hydrogen-bond donors (Lipinski definition) is 1. The highest BCUT2D eigenvalue weighted by molar-refractivity contribution is 7.15. The van der Waals surface area contributed by atoms with Gasteiger partial charge in [0.15, 0.2) is 0 Å². The number of pyridine rings is 1. The van der Waals surface area contributed by atoms with Crippen molar-refractivity contribution in [3.8, 4) is 10.7 Å². The Hall–Kier alpha value is -0.680. The van der Waals surface area contributed by atoms with Gasteiger partial charge in [-0.1, -0.05) is 23.2 Å². The van der Waals surface area contributed by atoms with Crippen molar-refractivity contribution in [3.05, 3.63) is 32.9 Å². The van der Waals surface area contributed by atoms with Crippen molar-refractivity contribution in [2.24, 2.45) is 0 Å². The van der Waals surface area contributed by atoms with Crippen LogP contribution in [-0.4, -0.2) is 16.0 Å². The van der Waals surface area contributed by atoms with Crippen molar-refractivity contribution >= 4 is 34.5 Å². The van der Waals surface area contributed by atoms with Crippen LogP contribution in [0.15, 0.2) is 12.3 Å². The van der Waals surface area contributed by atoms with E-state index in [0.29, 0.717) is 21.8 Å². The van der Waals surface area contributed by atoms with E-state index >= 15 is 0 Å². The van der Waals surface area contributed by atoms with E-state index < -0.39 is 0 Å². The molecule has 0 radical (unpaired) electrons. The van der Waals surface area contributed by atoms with Gasteiger partial charge in [-0.25, -0.2) is 4.98 Å². The molecule has 1 N–H and O–H groups in total. The molecule has 2 aromatic heterocycles. The lowest BCUT2D eigenvalue weighted by Crippen LogP contribution is -2.14. The molecule has 3 rings (SSSR count). The van der Waals surface area contributed by atoms with E-state index in [4.69, 9.17) is 23.2 Å². The largest absolute Gasteiger partial charge is 0.309 e. The molecular weight excluding hydrogens is 301 g/mol. The van der Waals surface area contributed by atoms with E-state index in [2.05, 4.69) is 15.3 Å². The van der Waals surface area contributed by atoms with Gasteiger partial charge in [0.25, 0.3) is 0 Å². The summed E-state index contributed by atoms with van der Waals surface area (Å²) in [4.78, 5) is 10.1. The van der Waals surface area contributed by atoms with Crippen LogP contribution >= 0.6 is 34.5 Å². The molecule has 0 atom stereocenters. The zero-order valence-electron chi connectivity index (χ0n) is 10.4. The fourth-order valence-electron chi connectivity index (χ4n) is 1.79. The summed E-state index contributed by atoms with van der Waals surface area (Å²) >= 11 is 13.7. The lowest BCUT2D eigenvalue weighted by atomic mass is 10.3. The molecule has 0 aliphatic heterocycles. The Kier molecular flexibility index (Phi) is 3.76. The molecule has 6 heteroatoms. The van der Waals surface area contributed by atoms with Crippen LogP contribution in [0.4, 0.5) is 0 Å². The Bertz CT molecular complexity index is 608. The number of hydrogen-bond acceptors (Lipinski definition) is 4. The molecule has 0 saturated heterocycles. The predicted molar refractivity (Wildman–Crippen MR) is 80.0 cm³/mol. The van der Waals surface area contributed by atoms with E-state index in [9.17, 15) is 0 Å². The lowest BCUT2D eigenvalue weighted by Gasteiger charge is -2.00. The van der Waals surface area contributed by atoms with Crippen LogP contribution in [0.5, 0.6) is 0 Å². The van der Waals surface area contributed by atoms with Gasteiger partial charge >= 0.3 is 0 Å². The third-order valence-electron chi connectivity index (χ3n) is 3.03. The average Bonchev–Trinajstić information content (AvgIpc) is 3.11. The minimum absolute atomic E-state index is 0.539. The van der Waals surface area contributed by atoms with Crippen molar-refractivity contribution in [2.75, 3.05) is 0 Å². The van der Waals surface area contributed by atoms with E-state index in [1.165, 1.54) is 17.7 Å². The third-order valence-corrected chi connectivity index (χ3v) is 4.69. The van der Waals surface area contributed by atoms with Gasteiger partial charge in [-0.2, -0.15) is 0 Å². The standard InChI is InChI=1S/C13H13Cl2N3S/c1-7-11(6-16-9-2-3-9)19-13(18-7)12-10(15)4-8(14)5-17-12/h4-5,9,16H,2-3,6H2,1H3. The van der Waals surface area contributed by atoms with Crippen molar-refractivity contribution in [1.29, 1.82) is 0 Å². The first-order valence-electron chi connectivity index (χ1n) is 6.14. The number of nitrogens with zero attached hydrogens (tertiary/aromatic N) is 2. The molecule has 2 heterocycles. The monoisotopic (exact) mass is 313 g/mol. The van der Waals surface area contributed by atoms with Gasteiger partial charge in [-0.15, -0.1) is 11.3 Å². The van der Waals surface area contributed by atoms with Crippen molar-refractivity contribution < 1.29 is 0 Å². The van der Waals surface area contributed by atoms with Crippen molar-refractivity contribution in [2.45, 2.75) is 32.4 Å². The maximum absolute atomic E-state index is 6.17. The molecule has 3 nitrogen and oxygen atoms in total. The Morgan fingerprint density at radius 1 is 1.42 bits per heavy atom. The summed E-state index contributed by atoms with van der Waals surface area (Å²) in [6.45, 7) is 2.90. The van der Waals surface area contributed by atoms with Gasteiger partial charge in [-0.05, 0) is 25.8 Å². The first-order valence-corrected chi connectivity index (χ1v) is 7.72. The number of rotatable bonds is 4. The number of thiazole rings is 1. The molecule has 1 saturated carbocycles. The molecule has 0 amide bonds. The fraction of sp³-hybridized carbons (Fsp3) is 0.385. The van der Waals surface area contributed by atoms with E-state index in [1.54, 1.807) is 23.6 Å². The molecule has 1 fully saturated rings. The summed E-state index contributed by atoms with van der Waals surface area (Å²) < 4.78 is 0. The van der Waals surface area contributed by atoms with Crippen LogP contribution in [-0.2, 0) is 6.54 Å². The minimum Gasteiger partial charge on any atom is -0.309 e. The Morgan fingerprint density at radius 2 is 2.21 bits per heavy atom. The van der Waals surface area contributed by atoms with Crippen LogP contribution in [0.3, 0.4) is 0 Å². The van der Waals surface area contributed by atoms with Crippen molar-refractivity contribution in [1.82, 2.24) is 15.3 Å². The van der Waals surface area contributed by atoms with E-state index in [0.717, 1.165) is 17.2 Å². The SMILES string of the molecule is Cc1nc(-c2ncc(Cl)cc2Cl)sc1CNC1CC1. The second kappa shape index (κ2) is 5.37. The topological polar surface area (TPSA) is 37.8 Å². The first-order chi connectivity index (χ1) is 9.13. The smallest absolute Gasteiger partial charge is 0.143 e. The van der Waals surface area contributed by atoms with Gasteiger partial charge in [0, 0.05) is 23.7 Å². The fourth-order valence-corrected chi connectivity index (χ4v) is 3.34. The molecule has 0 aromatic carbocycles. The van der Waals surface area contributed by atoms with E-state index in [-0.39, 0.29) is 0 Å². The van der Waals surface area contributed by atoms with Crippen LogP contribution in [0, 0.1) is 6.92 Å². The predicted octanol–water partition coefficient (Wildman–Crippen LogP) is 4.07. The highest BCUT2D eigenvalue weighted by Crippen LogP contribution is 2.32. The third kappa shape index (κ3) is 3.08. The molecule has 19 heavy (non-hydrogen) atoms. The van der Waals surface area contributed by atoms with Crippen LogP contribution in [0.25, 0.3) is 10.7 Å². The zero-order valence-corrected chi connectivity index (χ0v) is 12.7. The molecule has 100 valence electrons. The molecule has 0 bridgehead atoms. The molecular formula is C13H13Cl2N3S. The maximum Gasteiger partial charge on any atom is 0.143 e. The highest BCUT2D eigenvalue weighted by Gasteiger charge is 2.21. The molecule has 1 aliphatic carbocycles. The van der Waals surface area contributed by atoms with Gasteiger partial charge in [0.1, 0.15) is 10.7 Å². The first kappa shape index (κ1) is 13.3. The number of halogens is 2. The van der Waals surface area contributed by atoms with E-state index in [1.807, 2.05) is 6.92 Å². The van der Waals surface area contributed by atoms with Crippen LogP contribution in [0.2, 0.25) is 10.0 Å². The van der Waals surface area contributed by atoms with Gasteiger partial charge in [0.2, 0.25) is 0 Å². The summed E-state index contributed by atoms with van der Waals surface area (Å²) in [6, 6.07) is 2.40. The number of nitrogens with one attached hydrogen (secondary N) is 1. The van der Waals surface area contributed by atoms with Gasteiger partial charge in [0.05, 0.1) is 15.7 Å². The highest BCUT2D eigenvalue weighted by atomic mass is 35.5. The maximum atomic E-state index is 6.17. The summed E-state index contributed by atoms with van der Waals surface area (Å²) in [5.74, 6) is 0. The zero-order chi connectivity index (χ0) is 13.4. The number of aromatic nitrogens is 2. The second-order valence-electron chi connectivity index (χ2n) is 4.67.